The van der Waals surface area contributed by atoms with Crippen LogP contribution in [-0.4, -0.2) is 30.6 Å². The lowest BCUT2D eigenvalue weighted by Gasteiger charge is -2.14. The number of aryl methyl sites for hydroxylation is 1. The van der Waals surface area contributed by atoms with Crippen molar-refractivity contribution >= 4 is 67.1 Å². The molecule has 9 nitrogen and oxygen atoms in total. The molecule has 4 aromatic rings. The Morgan fingerprint density at radius 3 is 2.46 bits per heavy atom. The zero-order chi connectivity index (χ0) is 28.3. The summed E-state index contributed by atoms with van der Waals surface area (Å²) in [5, 5.41) is 23.8. The lowest BCUT2D eigenvalue weighted by Crippen LogP contribution is -2.13. The summed E-state index contributed by atoms with van der Waals surface area (Å²) in [6.07, 6.45) is 0.364. The van der Waals surface area contributed by atoms with Gasteiger partial charge < -0.3 is 15.2 Å². The summed E-state index contributed by atoms with van der Waals surface area (Å²) in [5.41, 5.74) is 0.612. The van der Waals surface area contributed by atoms with E-state index in [9.17, 15) is 22.9 Å². The van der Waals surface area contributed by atoms with Crippen LogP contribution in [0.25, 0.3) is 10.8 Å². The number of carbonyl (C=O) groups excluding carboxylic acids is 1. The molecule has 0 saturated carbocycles. The first-order valence-corrected chi connectivity index (χ1v) is 13.9. The summed E-state index contributed by atoms with van der Waals surface area (Å²) in [4.78, 5) is 12.9. The number of aromatic hydroxyl groups is 1. The molecule has 0 aromatic heterocycles. The predicted molar refractivity (Wildman–Crippen MR) is 151 cm³/mol. The molecule has 0 aliphatic heterocycles. The molecule has 202 valence electrons. The third kappa shape index (κ3) is 6.15. The van der Waals surface area contributed by atoms with E-state index in [1.165, 1.54) is 12.1 Å². The number of phenolic OH excluding ortho intramolecular Hbond substituents is 1. The zero-order valence-electron chi connectivity index (χ0n) is 20.8. The summed E-state index contributed by atoms with van der Waals surface area (Å²) in [5.74, 6) is -0.740. The molecular weight excluding hydrogens is 565 g/mol. The molecule has 0 aliphatic carbocycles. The summed E-state index contributed by atoms with van der Waals surface area (Å²) in [6.45, 7) is 3.89. The van der Waals surface area contributed by atoms with Crippen molar-refractivity contribution in [2.75, 3.05) is 11.9 Å². The van der Waals surface area contributed by atoms with Gasteiger partial charge in [0.05, 0.1) is 27.8 Å². The SMILES string of the molecule is CCOc1cc(Cl)ccc1NC(=O)c1cc2ccccc2c(N=Nc2cc(S(=O)(=O)O)cc(CC)c2Cl)c1O. The van der Waals surface area contributed by atoms with Gasteiger partial charge in [-0.3, -0.25) is 9.35 Å². The zero-order valence-corrected chi connectivity index (χ0v) is 23.1. The van der Waals surface area contributed by atoms with E-state index in [1.807, 2.05) is 0 Å². The largest absolute Gasteiger partial charge is 0.505 e. The molecule has 0 fully saturated rings. The van der Waals surface area contributed by atoms with Gasteiger partial charge in [-0.25, -0.2) is 0 Å². The molecule has 39 heavy (non-hydrogen) atoms. The van der Waals surface area contributed by atoms with Gasteiger partial charge >= 0.3 is 0 Å². The lowest BCUT2D eigenvalue weighted by molar-refractivity contribution is 0.102. The van der Waals surface area contributed by atoms with Crippen molar-refractivity contribution in [3.8, 4) is 11.5 Å². The number of azo groups is 1. The average Bonchev–Trinajstić information content (AvgIpc) is 2.89. The molecule has 3 N–H and O–H groups in total. The number of hydrogen-bond acceptors (Lipinski definition) is 7. The fraction of sp³-hybridized carbons (Fsp3) is 0.148. The van der Waals surface area contributed by atoms with E-state index in [-0.39, 0.29) is 22.0 Å². The van der Waals surface area contributed by atoms with Crippen molar-refractivity contribution in [2.45, 2.75) is 25.2 Å². The summed E-state index contributed by atoms with van der Waals surface area (Å²) < 4.78 is 38.6. The smallest absolute Gasteiger partial charge is 0.294 e. The molecule has 12 heteroatoms. The van der Waals surface area contributed by atoms with Crippen LogP contribution in [0.2, 0.25) is 10.0 Å². The third-order valence-corrected chi connectivity index (χ3v) is 7.27. The maximum atomic E-state index is 13.3. The summed E-state index contributed by atoms with van der Waals surface area (Å²) in [6, 6.07) is 15.5. The van der Waals surface area contributed by atoms with Crippen LogP contribution in [0.15, 0.2) is 75.8 Å². The second kappa shape index (κ2) is 11.6. The standard InChI is InChI=1S/C27H23Cl2N3O6S/c1-3-15-11-18(39(35,36)37)14-22(24(15)29)31-32-25-19-8-6-5-7-16(19)12-20(26(25)33)27(34)30-21-10-9-17(28)13-23(21)38-4-2/h5-14,33H,3-4H2,1-2H3,(H,30,34)(H,35,36,37). The number of rotatable bonds is 8. The van der Waals surface area contributed by atoms with Gasteiger partial charge in [-0.2, -0.15) is 8.42 Å². The molecule has 0 heterocycles. The van der Waals surface area contributed by atoms with Gasteiger partial charge in [-0.05, 0) is 54.6 Å². The van der Waals surface area contributed by atoms with Crippen LogP contribution in [0.1, 0.15) is 29.8 Å². The van der Waals surface area contributed by atoms with Crippen LogP contribution in [0.3, 0.4) is 0 Å². The topological polar surface area (TPSA) is 138 Å². The first kappa shape index (κ1) is 28.3. The van der Waals surface area contributed by atoms with E-state index in [2.05, 4.69) is 15.5 Å². The van der Waals surface area contributed by atoms with Gasteiger partial charge in [0.25, 0.3) is 16.0 Å². The number of hydrogen-bond donors (Lipinski definition) is 3. The minimum Gasteiger partial charge on any atom is -0.505 e. The Balaban J connectivity index is 1.82. The monoisotopic (exact) mass is 587 g/mol. The van der Waals surface area contributed by atoms with E-state index in [1.54, 1.807) is 56.3 Å². The molecule has 0 saturated heterocycles. The van der Waals surface area contributed by atoms with Crippen molar-refractivity contribution in [3.63, 3.8) is 0 Å². The second-order valence-corrected chi connectivity index (χ2v) is 10.6. The molecule has 4 aromatic carbocycles. The minimum atomic E-state index is -4.54. The fourth-order valence-corrected chi connectivity index (χ4v) is 4.87. The van der Waals surface area contributed by atoms with Crippen molar-refractivity contribution in [2.24, 2.45) is 10.2 Å². The highest BCUT2D eigenvalue weighted by Gasteiger charge is 2.21. The van der Waals surface area contributed by atoms with E-state index in [0.29, 0.717) is 45.8 Å². The number of nitrogens with zero attached hydrogens (tertiary/aromatic N) is 2. The Kier molecular flexibility index (Phi) is 8.41. The number of benzene rings is 4. The highest BCUT2D eigenvalue weighted by molar-refractivity contribution is 7.85. The van der Waals surface area contributed by atoms with Gasteiger partial charge in [0.15, 0.2) is 5.75 Å². The van der Waals surface area contributed by atoms with Crippen LogP contribution in [0.5, 0.6) is 11.5 Å². The molecule has 0 bridgehead atoms. The van der Waals surface area contributed by atoms with Gasteiger partial charge in [0, 0.05) is 16.5 Å². The van der Waals surface area contributed by atoms with E-state index >= 15 is 0 Å². The molecule has 4 rings (SSSR count). The van der Waals surface area contributed by atoms with Gasteiger partial charge in [-0.15, -0.1) is 10.2 Å². The quantitative estimate of drug-likeness (QED) is 0.142. The fourth-order valence-electron chi connectivity index (χ4n) is 3.88. The lowest BCUT2D eigenvalue weighted by atomic mass is 10.0. The molecule has 0 atom stereocenters. The van der Waals surface area contributed by atoms with E-state index in [4.69, 9.17) is 27.9 Å². The molecule has 0 aliphatic rings. The summed E-state index contributed by atoms with van der Waals surface area (Å²) >= 11 is 12.5. The normalized spacial score (nSPS) is 11.7. The number of ether oxygens (including phenoxy) is 1. The van der Waals surface area contributed by atoms with Gasteiger partial charge in [0.2, 0.25) is 0 Å². The molecule has 0 radical (unpaired) electrons. The van der Waals surface area contributed by atoms with Crippen molar-refractivity contribution in [1.82, 2.24) is 0 Å². The highest BCUT2D eigenvalue weighted by atomic mass is 35.5. The second-order valence-electron chi connectivity index (χ2n) is 8.31. The Bertz CT molecular complexity index is 1720. The first-order valence-electron chi connectivity index (χ1n) is 11.7. The Hall–Kier alpha value is -3.70. The molecular formula is C27H23Cl2N3O6S. The van der Waals surface area contributed by atoms with Crippen molar-refractivity contribution in [1.29, 1.82) is 0 Å². The van der Waals surface area contributed by atoms with Crippen molar-refractivity contribution < 1.29 is 27.6 Å². The third-order valence-electron chi connectivity index (χ3n) is 5.77. The Labute approximate surface area is 234 Å². The molecule has 0 unspecified atom stereocenters. The first-order chi connectivity index (χ1) is 18.5. The maximum Gasteiger partial charge on any atom is 0.294 e. The van der Waals surface area contributed by atoms with Crippen LogP contribution >= 0.6 is 23.2 Å². The van der Waals surface area contributed by atoms with Crippen LogP contribution in [-0.2, 0) is 16.5 Å². The van der Waals surface area contributed by atoms with Crippen LogP contribution in [0, 0.1) is 0 Å². The van der Waals surface area contributed by atoms with E-state index < -0.39 is 26.7 Å². The molecule has 1 amide bonds. The average molecular weight is 588 g/mol. The van der Waals surface area contributed by atoms with E-state index in [0.717, 1.165) is 6.07 Å². The number of nitrogens with one attached hydrogen (secondary N) is 1. The summed E-state index contributed by atoms with van der Waals surface area (Å²) in [7, 11) is -4.54. The Morgan fingerprint density at radius 2 is 1.77 bits per heavy atom. The number of carbonyl (C=O) groups is 1. The molecule has 0 spiro atoms. The number of halogens is 2. The number of anilines is 1. The van der Waals surface area contributed by atoms with Crippen molar-refractivity contribution in [3.05, 3.63) is 81.8 Å². The number of amides is 1. The van der Waals surface area contributed by atoms with Crippen LogP contribution < -0.4 is 10.1 Å². The maximum absolute atomic E-state index is 13.3. The van der Waals surface area contributed by atoms with Crippen LogP contribution in [0.4, 0.5) is 17.1 Å². The number of fused-ring (bicyclic) bond motifs is 1. The van der Waals surface area contributed by atoms with Gasteiger partial charge in [-0.1, -0.05) is 54.4 Å². The highest BCUT2D eigenvalue weighted by Crippen LogP contribution is 2.41. The number of phenols is 1. The van der Waals surface area contributed by atoms with Gasteiger partial charge in [0.1, 0.15) is 17.1 Å². The Morgan fingerprint density at radius 1 is 1.03 bits per heavy atom. The minimum absolute atomic E-state index is 0.0363. The predicted octanol–water partition coefficient (Wildman–Crippen LogP) is 7.73.